The van der Waals surface area contributed by atoms with Crippen LogP contribution in [0.4, 0.5) is 26.3 Å². The summed E-state index contributed by atoms with van der Waals surface area (Å²) < 4.78 is 152. The van der Waals surface area contributed by atoms with E-state index in [1.54, 1.807) is 73.7 Å². The molecule has 0 atom stereocenters. The van der Waals surface area contributed by atoms with E-state index in [2.05, 4.69) is 20.8 Å². The first-order valence-corrected chi connectivity index (χ1v) is 44.9. The van der Waals surface area contributed by atoms with Crippen LogP contribution in [0.2, 0.25) is 0 Å². The minimum atomic E-state index is -0.971. The molecule has 10 rings (SSSR count). The van der Waals surface area contributed by atoms with Crippen LogP contribution in [0, 0.1) is 34.9 Å². The molecule has 0 saturated heterocycles. The molecule has 0 fully saturated rings. The Balaban J connectivity index is 0.676. The third-order valence-corrected chi connectivity index (χ3v) is 21.8. The van der Waals surface area contributed by atoms with Gasteiger partial charge in [0.25, 0.3) is 0 Å². The molecular weight excluding hydrogens is 1550 g/mol. The Labute approximate surface area is 720 Å². The molecule has 11 nitrogen and oxygen atoms in total. The van der Waals surface area contributed by atoms with Gasteiger partial charge < -0.3 is 47.4 Å². The summed E-state index contributed by atoms with van der Waals surface area (Å²) in [6.07, 6.45) is 29.3. The second kappa shape index (κ2) is 52.7. The van der Waals surface area contributed by atoms with Gasteiger partial charge in [-0.25, -0.2) is 18.0 Å². The molecule has 0 aliphatic heterocycles. The molecule has 10 aromatic rings. The Bertz CT molecular complexity index is 4500. The van der Waals surface area contributed by atoms with Crippen molar-refractivity contribution in [1.29, 1.82) is 0 Å². The average Bonchev–Trinajstić information content (AvgIpc) is 0.818. The van der Waals surface area contributed by atoms with E-state index < -0.39 is 40.9 Å². The van der Waals surface area contributed by atoms with Crippen LogP contribution in [0.3, 0.4) is 0 Å². The van der Waals surface area contributed by atoms with Crippen molar-refractivity contribution in [2.24, 2.45) is 0 Å². The highest BCUT2D eigenvalue weighted by molar-refractivity contribution is 5.91. The van der Waals surface area contributed by atoms with E-state index in [9.17, 15) is 4.79 Å². The second-order valence-electron chi connectivity index (χ2n) is 31.2. The van der Waals surface area contributed by atoms with Gasteiger partial charge in [-0.15, -0.1) is 0 Å². The van der Waals surface area contributed by atoms with Gasteiger partial charge in [0.05, 0.1) is 71.6 Å². The molecule has 10 aromatic carbocycles. The SMILES string of the molecule is CCCCCCCCOc1ccc(-c2ccc(-c3ccc(OCCCCCCOc4cc(C(=O)OCC)cc(OCCCCCCOc5ccc(-c6ccc(-c7ccc(OCCCCCCCC)c(F)c7F)cc6)cc5)c4OCCCCCCOc4ccc(-c5ccc(-c6ccc(OCCCCCCCC)c(F)c6F)cc5)cc4)cc3)cc2)c(F)c1F. The molecule has 0 spiro atoms. The number of hydrogen-bond acceptors (Lipinski definition) is 11. The van der Waals surface area contributed by atoms with Crippen molar-refractivity contribution in [1.82, 2.24) is 0 Å². The minimum Gasteiger partial charge on any atom is -0.494 e. The van der Waals surface area contributed by atoms with Gasteiger partial charge >= 0.3 is 5.97 Å². The molecule has 0 aliphatic rings. The van der Waals surface area contributed by atoms with E-state index in [1.165, 1.54) is 76.0 Å². The first kappa shape index (κ1) is 93.7. The molecule has 0 saturated carbocycles. The Morgan fingerprint density at radius 3 is 0.689 bits per heavy atom. The summed E-state index contributed by atoms with van der Waals surface area (Å²) in [6, 6.07) is 58.3. The van der Waals surface area contributed by atoms with Crippen molar-refractivity contribution in [3.05, 3.63) is 235 Å². The van der Waals surface area contributed by atoms with Crippen LogP contribution in [0.5, 0.6) is 51.7 Å². The van der Waals surface area contributed by atoms with Crippen LogP contribution in [0.15, 0.2) is 194 Å². The highest BCUT2D eigenvalue weighted by Gasteiger charge is 2.23. The van der Waals surface area contributed by atoms with Crippen molar-refractivity contribution < 1.29 is 78.5 Å². The molecule has 0 aliphatic carbocycles. The third kappa shape index (κ3) is 29.9. The summed E-state index contributed by atoms with van der Waals surface area (Å²) in [5.41, 5.74) is 8.21. The molecule has 17 heteroatoms. The van der Waals surface area contributed by atoms with Crippen LogP contribution < -0.4 is 42.6 Å². The summed E-state index contributed by atoms with van der Waals surface area (Å²) in [6.45, 7) is 12.2. The van der Waals surface area contributed by atoms with Crippen molar-refractivity contribution in [3.63, 3.8) is 0 Å². The highest BCUT2D eigenvalue weighted by Crippen LogP contribution is 2.42. The summed E-state index contributed by atoms with van der Waals surface area (Å²) >= 11 is 0. The maximum Gasteiger partial charge on any atom is 0.338 e. The Kier molecular flexibility index (Phi) is 40.5. The number of ether oxygens (including phenoxy) is 10. The molecule has 0 amide bonds. The maximum atomic E-state index is 15.3. The number of benzene rings is 10. The summed E-state index contributed by atoms with van der Waals surface area (Å²) in [4.78, 5) is 13.4. The lowest BCUT2D eigenvalue weighted by Gasteiger charge is -2.19. The number of esters is 1. The molecule has 652 valence electrons. The maximum absolute atomic E-state index is 15.3. The number of hydrogen-bond donors (Lipinski definition) is 0. The van der Waals surface area contributed by atoms with Gasteiger partial charge in [0.2, 0.25) is 23.2 Å². The van der Waals surface area contributed by atoms with Gasteiger partial charge in [-0.05, 0) is 238 Å². The standard InChI is InChI=1S/C105H124F6O11/c1-5-9-12-15-18-30-69-117-93-63-60-90(98(106)101(93)109)83-42-36-77(37-43-83)80-48-54-87(55-49-80)114-66-27-21-24-33-72-120-96-75-86(105(112)113-8-4)76-97(121-73-34-25-22-28-67-115-88-56-50-81(51-57-88)78-38-44-84(45-39-78)91-61-64-94(102(110)99(91)107)118-70-31-19-16-13-10-6-2)104(96)122-74-35-26-23-29-68-116-89-58-52-82(53-59-89)79-40-46-85(47-41-79)92-62-65-95(103(111)100(92)108)119-71-32-20-17-14-11-7-3/h36-65,75-76H,5-35,66-74H2,1-4H3. The predicted molar refractivity (Wildman–Crippen MR) is 479 cm³/mol. The molecule has 0 heterocycles. The summed E-state index contributed by atoms with van der Waals surface area (Å²) in [5.74, 6) is -2.90. The molecule has 0 N–H and O–H groups in total. The number of halogens is 6. The fourth-order valence-corrected chi connectivity index (χ4v) is 14.6. The van der Waals surface area contributed by atoms with E-state index in [4.69, 9.17) is 47.4 Å². The zero-order valence-corrected chi connectivity index (χ0v) is 72.0. The van der Waals surface area contributed by atoms with Crippen LogP contribution in [-0.2, 0) is 4.74 Å². The molecule has 0 aromatic heterocycles. The van der Waals surface area contributed by atoms with Crippen LogP contribution in [-0.4, -0.2) is 72.0 Å². The van der Waals surface area contributed by atoms with E-state index in [0.29, 0.717) is 99.0 Å². The quantitative estimate of drug-likeness (QED) is 0.0206. The van der Waals surface area contributed by atoms with E-state index >= 15 is 26.3 Å². The molecule has 0 radical (unpaired) electrons. The molecule has 122 heavy (non-hydrogen) atoms. The average molecular weight is 1680 g/mol. The van der Waals surface area contributed by atoms with Crippen molar-refractivity contribution >= 4 is 5.97 Å². The monoisotopic (exact) mass is 1670 g/mol. The van der Waals surface area contributed by atoms with Crippen molar-refractivity contribution in [2.45, 2.75) is 220 Å². The number of carbonyl (C=O) groups is 1. The van der Waals surface area contributed by atoms with E-state index in [1.807, 2.05) is 109 Å². The van der Waals surface area contributed by atoms with E-state index in [0.717, 1.165) is 185 Å². The Morgan fingerprint density at radius 2 is 0.434 bits per heavy atom. The normalized spacial score (nSPS) is 11.2. The van der Waals surface area contributed by atoms with Gasteiger partial charge in [-0.3, -0.25) is 0 Å². The molecular formula is C105H124F6O11. The largest absolute Gasteiger partial charge is 0.494 e. The van der Waals surface area contributed by atoms with Gasteiger partial charge in [-0.2, -0.15) is 13.2 Å². The lowest BCUT2D eigenvalue weighted by atomic mass is 9.99. The number of unbranched alkanes of at least 4 members (excludes halogenated alkanes) is 24. The van der Waals surface area contributed by atoms with Crippen LogP contribution >= 0.6 is 0 Å². The fraction of sp³-hybridized carbons (Fsp3) is 0.419. The minimum absolute atomic E-state index is 0.0640. The zero-order valence-electron chi connectivity index (χ0n) is 72.0. The highest BCUT2D eigenvalue weighted by atomic mass is 19.2. The molecule has 0 unspecified atom stereocenters. The lowest BCUT2D eigenvalue weighted by molar-refractivity contribution is 0.0525. The fourth-order valence-electron chi connectivity index (χ4n) is 14.6. The number of rotatable bonds is 59. The van der Waals surface area contributed by atoms with Gasteiger partial charge in [0, 0.05) is 16.7 Å². The predicted octanol–water partition coefficient (Wildman–Crippen LogP) is 30.0. The van der Waals surface area contributed by atoms with E-state index in [-0.39, 0.29) is 40.5 Å². The second-order valence-corrected chi connectivity index (χ2v) is 31.2. The third-order valence-electron chi connectivity index (χ3n) is 21.8. The van der Waals surface area contributed by atoms with Crippen LogP contribution in [0.25, 0.3) is 66.8 Å². The smallest absolute Gasteiger partial charge is 0.338 e. The zero-order chi connectivity index (χ0) is 85.7. The number of carbonyl (C=O) groups excluding carboxylic acids is 1. The van der Waals surface area contributed by atoms with Crippen molar-refractivity contribution in [3.8, 4) is 119 Å². The topological polar surface area (TPSA) is 109 Å². The Hall–Kier alpha value is -10.6. The van der Waals surface area contributed by atoms with Crippen LogP contribution in [0.1, 0.15) is 231 Å². The summed E-state index contributed by atoms with van der Waals surface area (Å²) in [7, 11) is 0. The Morgan fingerprint density at radius 1 is 0.221 bits per heavy atom. The lowest BCUT2D eigenvalue weighted by Crippen LogP contribution is -2.10. The van der Waals surface area contributed by atoms with Gasteiger partial charge in [0.1, 0.15) is 17.2 Å². The molecule has 0 bridgehead atoms. The van der Waals surface area contributed by atoms with Gasteiger partial charge in [0.15, 0.2) is 46.2 Å². The van der Waals surface area contributed by atoms with Crippen molar-refractivity contribution in [2.75, 3.05) is 66.1 Å². The van der Waals surface area contributed by atoms with Gasteiger partial charge in [-0.1, -0.05) is 226 Å². The summed E-state index contributed by atoms with van der Waals surface area (Å²) in [5, 5.41) is 0. The first-order valence-electron chi connectivity index (χ1n) is 44.9. The first-order chi connectivity index (χ1) is 59.8.